The van der Waals surface area contributed by atoms with Crippen LogP contribution < -0.4 is 15.8 Å². The third kappa shape index (κ3) is 2.95. The Balaban J connectivity index is 2.38. The highest BCUT2D eigenvalue weighted by Crippen LogP contribution is 2.28. The average Bonchev–Trinajstić information content (AvgIpc) is 2.48. The predicted octanol–water partition coefficient (Wildman–Crippen LogP) is 2.58. The minimum Gasteiger partial charge on any atom is -0.495 e. The first-order valence-electron chi connectivity index (χ1n) is 5.96. The van der Waals surface area contributed by atoms with Gasteiger partial charge in [0.2, 0.25) is 0 Å². The van der Waals surface area contributed by atoms with Crippen LogP contribution in [0.5, 0.6) is 5.75 Å². The second-order valence-electron chi connectivity index (χ2n) is 4.07. The number of hydrogen-bond donors (Lipinski definition) is 2. The van der Waals surface area contributed by atoms with Crippen molar-refractivity contribution in [2.24, 2.45) is 5.73 Å². The number of nitrogens with two attached hydrogens (primary N) is 1. The molecular weight excluding hydrogens is 272 g/mol. The molecule has 0 aliphatic heterocycles. The molecule has 4 nitrogen and oxygen atoms in total. The van der Waals surface area contributed by atoms with E-state index < -0.39 is 0 Å². The van der Waals surface area contributed by atoms with E-state index in [4.69, 9.17) is 22.7 Å². The molecule has 0 fully saturated rings. The summed E-state index contributed by atoms with van der Waals surface area (Å²) in [7, 11) is 1.52. The van der Waals surface area contributed by atoms with Crippen LogP contribution in [0.3, 0.4) is 0 Å². The number of hydrogen-bond acceptors (Lipinski definition) is 3. The quantitative estimate of drug-likeness (QED) is 0.848. The summed E-state index contributed by atoms with van der Waals surface area (Å²) in [6, 6.07) is 14.1. The summed E-state index contributed by atoms with van der Waals surface area (Å²) in [5.74, 6) is 0.271. The summed E-state index contributed by atoms with van der Waals surface area (Å²) < 4.78 is 5.24. The molecule has 3 N–H and O–H groups in total. The van der Waals surface area contributed by atoms with Crippen molar-refractivity contribution in [3.8, 4) is 5.75 Å². The predicted molar refractivity (Wildman–Crippen MR) is 83.3 cm³/mol. The molecule has 20 heavy (non-hydrogen) atoms. The van der Waals surface area contributed by atoms with E-state index in [1.807, 2.05) is 6.07 Å². The first kappa shape index (κ1) is 14.0. The maximum Gasteiger partial charge on any atom is 0.255 e. The van der Waals surface area contributed by atoms with Gasteiger partial charge in [-0.05, 0) is 24.3 Å². The fraction of sp³-hybridized carbons (Fsp3) is 0.0667. The van der Waals surface area contributed by atoms with Crippen LogP contribution in [0.1, 0.15) is 15.9 Å². The molecule has 2 aromatic carbocycles. The molecule has 0 unspecified atom stereocenters. The number of carbonyl (C=O) groups is 1. The van der Waals surface area contributed by atoms with Gasteiger partial charge in [0, 0.05) is 11.1 Å². The smallest absolute Gasteiger partial charge is 0.255 e. The number of amides is 1. The van der Waals surface area contributed by atoms with Crippen molar-refractivity contribution in [3.05, 3.63) is 59.7 Å². The molecule has 0 saturated heterocycles. The van der Waals surface area contributed by atoms with Gasteiger partial charge in [-0.15, -0.1) is 0 Å². The number of rotatable bonds is 4. The first-order valence-corrected chi connectivity index (χ1v) is 6.37. The Kier molecular flexibility index (Phi) is 4.32. The Morgan fingerprint density at radius 3 is 2.45 bits per heavy atom. The van der Waals surface area contributed by atoms with Gasteiger partial charge in [0.15, 0.2) is 0 Å². The highest BCUT2D eigenvalue weighted by Gasteiger charge is 2.14. The van der Waals surface area contributed by atoms with E-state index in [2.05, 4.69) is 5.32 Å². The molecule has 5 heteroatoms. The van der Waals surface area contributed by atoms with Crippen molar-refractivity contribution in [2.45, 2.75) is 0 Å². The fourth-order valence-corrected chi connectivity index (χ4v) is 1.98. The van der Waals surface area contributed by atoms with Crippen LogP contribution in [-0.4, -0.2) is 18.0 Å². The zero-order valence-electron chi connectivity index (χ0n) is 10.9. The Morgan fingerprint density at radius 1 is 1.15 bits per heavy atom. The lowest BCUT2D eigenvalue weighted by Gasteiger charge is -2.14. The minimum absolute atomic E-state index is 0.201. The van der Waals surface area contributed by atoms with Crippen LogP contribution in [0, 0.1) is 0 Å². The number of para-hydroxylation sites is 1. The van der Waals surface area contributed by atoms with Crippen molar-refractivity contribution < 1.29 is 9.53 Å². The van der Waals surface area contributed by atoms with Crippen LogP contribution >= 0.6 is 12.2 Å². The van der Waals surface area contributed by atoms with Gasteiger partial charge in [-0.1, -0.05) is 36.5 Å². The summed E-state index contributed by atoms with van der Waals surface area (Å²) in [6.45, 7) is 0. The third-order valence-electron chi connectivity index (χ3n) is 2.79. The van der Waals surface area contributed by atoms with E-state index in [9.17, 15) is 4.79 Å². The molecule has 0 aliphatic carbocycles. The molecule has 102 valence electrons. The summed E-state index contributed by atoms with van der Waals surface area (Å²) >= 11 is 5.00. The second-order valence-corrected chi connectivity index (χ2v) is 4.51. The largest absolute Gasteiger partial charge is 0.495 e. The highest BCUT2D eigenvalue weighted by molar-refractivity contribution is 7.80. The maximum atomic E-state index is 12.2. The summed E-state index contributed by atoms with van der Waals surface area (Å²) in [5.41, 5.74) is 7.28. The van der Waals surface area contributed by atoms with Gasteiger partial charge in [0.1, 0.15) is 10.7 Å². The average molecular weight is 286 g/mol. The van der Waals surface area contributed by atoms with Gasteiger partial charge in [-0.3, -0.25) is 4.79 Å². The molecule has 0 saturated carbocycles. The van der Waals surface area contributed by atoms with E-state index in [1.54, 1.807) is 42.5 Å². The Hall–Kier alpha value is -2.40. The number of ether oxygens (including phenoxy) is 1. The number of nitrogens with one attached hydrogen (secondary N) is 1. The molecule has 0 radical (unpaired) electrons. The zero-order chi connectivity index (χ0) is 14.5. The van der Waals surface area contributed by atoms with Crippen molar-refractivity contribution in [1.29, 1.82) is 0 Å². The number of anilines is 1. The SMILES string of the molecule is COc1cccc(C(N)=S)c1NC(=O)c1ccccc1. The zero-order valence-corrected chi connectivity index (χ0v) is 11.7. The third-order valence-corrected chi connectivity index (χ3v) is 3.01. The highest BCUT2D eigenvalue weighted by atomic mass is 32.1. The van der Waals surface area contributed by atoms with Gasteiger partial charge in [0.05, 0.1) is 12.8 Å². The molecule has 0 heterocycles. The molecule has 0 bridgehead atoms. The Labute approximate surface area is 122 Å². The van der Waals surface area contributed by atoms with Gasteiger partial charge in [-0.25, -0.2) is 0 Å². The van der Waals surface area contributed by atoms with Crippen LogP contribution in [0.25, 0.3) is 0 Å². The summed E-state index contributed by atoms with van der Waals surface area (Å²) in [6.07, 6.45) is 0. The monoisotopic (exact) mass is 286 g/mol. The lowest BCUT2D eigenvalue weighted by atomic mass is 10.1. The molecule has 2 aromatic rings. The minimum atomic E-state index is -0.243. The van der Waals surface area contributed by atoms with Crippen LogP contribution in [0.4, 0.5) is 5.69 Å². The summed E-state index contributed by atoms with van der Waals surface area (Å²) in [4.78, 5) is 12.4. The van der Waals surface area contributed by atoms with Gasteiger partial charge < -0.3 is 15.8 Å². The molecule has 1 amide bonds. The van der Waals surface area contributed by atoms with Gasteiger partial charge >= 0.3 is 0 Å². The number of carbonyl (C=O) groups excluding carboxylic acids is 1. The van der Waals surface area contributed by atoms with E-state index in [0.29, 0.717) is 22.6 Å². The van der Waals surface area contributed by atoms with E-state index in [-0.39, 0.29) is 10.9 Å². The number of benzene rings is 2. The van der Waals surface area contributed by atoms with Crippen LogP contribution in [0.2, 0.25) is 0 Å². The Morgan fingerprint density at radius 2 is 1.85 bits per heavy atom. The normalized spacial score (nSPS) is 9.85. The molecule has 0 spiro atoms. The number of methoxy groups -OCH3 is 1. The van der Waals surface area contributed by atoms with Crippen LogP contribution in [-0.2, 0) is 0 Å². The molecular formula is C15H14N2O2S. The van der Waals surface area contributed by atoms with Crippen molar-refractivity contribution in [1.82, 2.24) is 0 Å². The molecule has 0 aliphatic rings. The number of thiocarbonyl (C=S) groups is 1. The lowest BCUT2D eigenvalue weighted by Crippen LogP contribution is -2.18. The van der Waals surface area contributed by atoms with Crippen molar-refractivity contribution in [2.75, 3.05) is 12.4 Å². The molecule has 2 rings (SSSR count). The standard InChI is InChI=1S/C15H14N2O2S/c1-19-12-9-5-8-11(14(16)20)13(12)17-15(18)10-6-3-2-4-7-10/h2-9H,1H3,(H2,16,20)(H,17,18). The van der Waals surface area contributed by atoms with Crippen LogP contribution in [0.15, 0.2) is 48.5 Å². The second kappa shape index (κ2) is 6.16. The maximum absolute atomic E-state index is 12.2. The van der Waals surface area contributed by atoms with E-state index in [0.717, 1.165) is 0 Å². The summed E-state index contributed by atoms with van der Waals surface area (Å²) in [5, 5.41) is 2.80. The van der Waals surface area contributed by atoms with E-state index >= 15 is 0 Å². The van der Waals surface area contributed by atoms with Gasteiger partial charge in [0.25, 0.3) is 5.91 Å². The van der Waals surface area contributed by atoms with Crippen molar-refractivity contribution in [3.63, 3.8) is 0 Å². The van der Waals surface area contributed by atoms with Crippen molar-refractivity contribution >= 4 is 28.8 Å². The Bertz CT molecular complexity index is 642. The molecule has 0 aromatic heterocycles. The first-order chi connectivity index (χ1) is 9.63. The fourth-order valence-electron chi connectivity index (χ4n) is 1.81. The van der Waals surface area contributed by atoms with Gasteiger partial charge in [-0.2, -0.15) is 0 Å². The topological polar surface area (TPSA) is 64.3 Å². The lowest BCUT2D eigenvalue weighted by molar-refractivity contribution is 0.102. The molecule has 0 atom stereocenters. The van der Waals surface area contributed by atoms with E-state index in [1.165, 1.54) is 7.11 Å².